The summed E-state index contributed by atoms with van der Waals surface area (Å²) in [6, 6.07) is 11.1. The number of nitrogens with one attached hydrogen (secondary N) is 3. The van der Waals surface area contributed by atoms with E-state index in [4.69, 9.17) is 4.74 Å². The number of H-pyrrole nitrogens is 1. The number of piperazine rings is 1. The molecule has 2 aromatic heterocycles. The second-order valence-corrected chi connectivity index (χ2v) is 7.31. The molecule has 3 aromatic rings. The number of aromatic nitrogens is 4. The number of nitrogens with zero attached hydrogens (tertiary/aromatic N) is 5. The molecule has 1 saturated heterocycles. The predicted molar refractivity (Wildman–Crippen MR) is 119 cm³/mol. The summed E-state index contributed by atoms with van der Waals surface area (Å²) < 4.78 is 5.94. The maximum atomic E-state index is 11.5. The van der Waals surface area contributed by atoms with Crippen LogP contribution in [0, 0.1) is 0 Å². The summed E-state index contributed by atoms with van der Waals surface area (Å²) in [5.41, 5.74) is 0.716. The van der Waals surface area contributed by atoms with E-state index in [9.17, 15) is 4.79 Å². The Bertz CT molecular complexity index is 999. The maximum Gasteiger partial charge on any atom is 0.325 e. The van der Waals surface area contributed by atoms with Crippen LogP contribution in [0.1, 0.15) is 13.3 Å². The Kier molecular flexibility index (Phi) is 6.27. The summed E-state index contributed by atoms with van der Waals surface area (Å²) in [6.07, 6.45) is 2.10. The largest absolute Gasteiger partial charge is 0.424 e. The van der Waals surface area contributed by atoms with E-state index < -0.39 is 0 Å². The van der Waals surface area contributed by atoms with Crippen LogP contribution in [0.25, 0.3) is 0 Å². The molecule has 10 nitrogen and oxygen atoms in total. The minimum atomic E-state index is -0.0357. The minimum absolute atomic E-state index is 0.0357. The Labute approximate surface area is 180 Å². The first kappa shape index (κ1) is 20.6. The molecule has 31 heavy (non-hydrogen) atoms. The highest BCUT2D eigenvalue weighted by atomic mass is 16.5. The van der Waals surface area contributed by atoms with Crippen molar-refractivity contribution in [2.45, 2.75) is 13.3 Å². The van der Waals surface area contributed by atoms with Crippen molar-refractivity contribution in [1.29, 1.82) is 0 Å². The molecule has 0 saturated carbocycles. The van der Waals surface area contributed by atoms with Crippen molar-refractivity contribution in [2.24, 2.45) is 0 Å². The monoisotopic (exact) mass is 422 g/mol. The molecule has 1 aliphatic heterocycles. The molecule has 3 heterocycles. The molecule has 1 aromatic carbocycles. The second-order valence-electron chi connectivity index (χ2n) is 7.31. The van der Waals surface area contributed by atoms with Crippen LogP contribution < -0.4 is 20.3 Å². The van der Waals surface area contributed by atoms with Gasteiger partial charge in [0.15, 0.2) is 0 Å². The van der Waals surface area contributed by atoms with Crippen LogP contribution in [-0.2, 0) is 4.79 Å². The van der Waals surface area contributed by atoms with E-state index in [1.165, 1.54) is 0 Å². The number of ether oxygens (including phenoxy) is 1. The molecule has 1 amide bonds. The topological polar surface area (TPSA) is 111 Å². The number of benzene rings is 1. The SMILES string of the molecule is CCC(=O)Nc1ccc(Oc2nc(Nc3ccn[nH]3)cc(N3CCN(C)CC3)n2)cc1. The van der Waals surface area contributed by atoms with E-state index in [1.54, 1.807) is 30.5 Å². The quantitative estimate of drug-likeness (QED) is 0.533. The number of rotatable bonds is 7. The van der Waals surface area contributed by atoms with Crippen molar-refractivity contribution < 1.29 is 9.53 Å². The van der Waals surface area contributed by atoms with Crippen LogP contribution in [0.5, 0.6) is 11.8 Å². The smallest absolute Gasteiger partial charge is 0.325 e. The summed E-state index contributed by atoms with van der Waals surface area (Å²) >= 11 is 0. The Hall–Kier alpha value is -3.66. The average molecular weight is 422 g/mol. The number of anilines is 4. The van der Waals surface area contributed by atoms with Crippen molar-refractivity contribution in [3.05, 3.63) is 42.6 Å². The van der Waals surface area contributed by atoms with Gasteiger partial charge in [0.05, 0.1) is 6.20 Å². The van der Waals surface area contributed by atoms with Crippen molar-refractivity contribution in [1.82, 2.24) is 25.1 Å². The fourth-order valence-corrected chi connectivity index (χ4v) is 3.14. The van der Waals surface area contributed by atoms with Crippen molar-refractivity contribution in [3.63, 3.8) is 0 Å². The number of carbonyl (C=O) groups is 1. The van der Waals surface area contributed by atoms with Gasteiger partial charge >= 0.3 is 6.01 Å². The fraction of sp³-hybridized carbons (Fsp3) is 0.333. The van der Waals surface area contributed by atoms with Gasteiger partial charge in [0.25, 0.3) is 0 Å². The summed E-state index contributed by atoms with van der Waals surface area (Å²) in [4.78, 5) is 25.2. The zero-order chi connectivity index (χ0) is 21.6. The lowest BCUT2D eigenvalue weighted by Crippen LogP contribution is -2.44. The van der Waals surface area contributed by atoms with Crippen LogP contribution in [0.2, 0.25) is 0 Å². The second kappa shape index (κ2) is 9.43. The Balaban J connectivity index is 1.55. The maximum absolute atomic E-state index is 11.5. The van der Waals surface area contributed by atoms with Crippen LogP contribution in [0.15, 0.2) is 42.6 Å². The van der Waals surface area contributed by atoms with Gasteiger partial charge in [0.2, 0.25) is 5.91 Å². The molecule has 1 fully saturated rings. The van der Waals surface area contributed by atoms with Crippen LogP contribution >= 0.6 is 0 Å². The number of hydrogen-bond donors (Lipinski definition) is 3. The third-order valence-electron chi connectivity index (χ3n) is 4.95. The number of carbonyl (C=O) groups excluding carboxylic acids is 1. The van der Waals surface area contributed by atoms with Crippen LogP contribution in [0.3, 0.4) is 0 Å². The Morgan fingerprint density at radius 3 is 2.58 bits per heavy atom. The lowest BCUT2D eigenvalue weighted by Gasteiger charge is -2.33. The van der Waals surface area contributed by atoms with E-state index in [1.807, 2.05) is 19.1 Å². The van der Waals surface area contributed by atoms with Gasteiger partial charge in [-0.2, -0.15) is 15.1 Å². The number of amides is 1. The number of hydrogen-bond acceptors (Lipinski definition) is 8. The standard InChI is InChI=1S/C21H26N8O2/c1-3-20(30)23-15-4-6-16(7-5-15)31-21-25-18(24-17-8-9-22-27-17)14-19(26-21)29-12-10-28(2)11-13-29/h4-9,14H,3,10-13H2,1-2H3,(H,23,30)(H2,22,24,25,26,27). The summed E-state index contributed by atoms with van der Waals surface area (Å²) in [5.74, 6) is 2.68. The average Bonchev–Trinajstić information content (AvgIpc) is 3.28. The third kappa shape index (κ3) is 5.48. The number of likely N-dealkylation sites (N-methyl/N-ethyl adjacent to an activating group) is 1. The lowest BCUT2D eigenvalue weighted by atomic mass is 10.3. The van der Waals surface area contributed by atoms with Crippen LogP contribution in [0.4, 0.5) is 23.1 Å². The van der Waals surface area contributed by atoms with E-state index >= 15 is 0 Å². The van der Waals surface area contributed by atoms with Gasteiger partial charge in [-0.3, -0.25) is 9.89 Å². The molecular formula is C21H26N8O2. The van der Waals surface area contributed by atoms with Crippen molar-refractivity contribution in [3.8, 4) is 11.8 Å². The molecule has 0 aliphatic carbocycles. The highest BCUT2D eigenvalue weighted by Crippen LogP contribution is 2.26. The lowest BCUT2D eigenvalue weighted by molar-refractivity contribution is -0.115. The Morgan fingerprint density at radius 2 is 1.90 bits per heavy atom. The summed E-state index contributed by atoms with van der Waals surface area (Å²) in [5, 5.41) is 12.8. The molecule has 0 spiro atoms. The number of aromatic amines is 1. The van der Waals surface area contributed by atoms with Gasteiger partial charge < -0.3 is 25.2 Å². The molecule has 4 rings (SSSR count). The first-order valence-electron chi connectivity index (χ1n) is 10.3. The highest BCUT2D eigenvalue weighted by Gasteiger charge is 2.18. The summed E-state index contributed by atoms with van der Waals surface area (Å²) in [6.45, 7) is 5.50. The van der Waals surface area contributed by atoms with E-state index in [-0.39, 0.29) is 11.9 Å². The first-order valence-corrected chi connectivity index (χ1v) is 10.3. The van der Waals surface area contributed by atoms with Gasteiger partial charge in [-0.05, 0) is 31.3 Å². The first-order chi connectivity index (χ1) is 15.1. The molecule has 0 unspecified atom stereocenters. The third-order valence-corrected chi connectivity index (χ3v) is 4.95. The summed E-state index contributed by atoms with van der Waals surface area (Å²) in [7, 11) is 2.11. The molecule has 3 N–H and O–H groups in total. The van der Waals surface area contributed by atoms with Gasteiger partial charge in [-0.1, -0.05) is 6.92 Å². The van der Waals surface area contributed by atoms with E-state index in [2.05, 4.69) is 47.6 Å². The molecule has 162 valence electrons. The van der Waals surface area contributed by atoms with Crippen molar-refractivity contribution >= 4 is 29.0 Å². The molecule has 1 aliphatic rings. The van der Waals surface area contributed by atoms with Gasteiger partial charge in [0, 0.05) is 50.4 Å². The van der Waals surface area contributed by atoms with Gasteiger partial charge in [-0.25, -0.2) is 0 Å². The normalized spacial score (nSPS) is 14.3. The molecule has 10 heteroatoms. The Morgan fingerprint density at radius 1 is 1.13 bits per heavy atom. The van der Waals surface area contributed by atoms with Crippen molar-refractivity contribution in [2.75, 3.05) is 48.8 Å². The zero-order valence-electron chi connectivity index (χ0n) is 17.6. The minimum Gasteiger partial charge on any atom is -0.424 e. The predicted octanol–water partition coefficient (Wildman–Crippen LogP) is 2.84. The van der Waals surface area contributed by atoms with E-state index in [0.717, 1.165) is 37.8 Å². The van der Waals surface area contributed by atoms with Gasteiger partial charge in [0.1, 0.15) is 23.2 Å². The zero-order valence-corrected chi connectivity index (χ0v) is 17.6. The molecule has 0 radical (unpaired) electrons. The molecular weight excluding hydrogens is 396 g/mol. The van der Waals surface area contributed by atoms with Crippen LogP contribution in [-0.4, -0.2) is 64.2 Å². The molecule has 0 atom stereocenters. The molecule has 0 bridgehead atoms. The van der Waals surface area contributed by atoms with Gasteiger partial charge in [-0.15, -0.1) is 0 Å². The highest BCUT2D eigenvalue weighted by molar-refractivity contribution is 5.90. The fourth-order valence-electron chi connectivity index (χ4n) is 3.14. The van der Waals surface area contributed by atoms with E-state index in [0.29, 0.717) is 23.7 Å².